The third kappa shape index (κ3) is 6.10. The molecule has 196 valence electrons. The van der Waals surface area contributed by atoms with Gasteiger partial charge in [-0.15, -0.1) is 0 Å². The first-order valence-electron chi connectivity index (χ1n) is 11.3. The highest BCUT2D eigenvalue weighted by Crippen LogP contribution is 2.39. The Labute approximate surface area is 219 Å². The van der Waals surface area contributed by atoms with Gasteiger partial charge in [-0.1, -0.05) is 24.3 Å². The van der Waals surface area contributed by atoms with Gasteiger partial charge in [0.25, 0.3) is 0 Å². The number of carboxylic acid groups (broad SMARTS) is 1. The number of fused-ring (bicyclic) bond motifs is 1. The summed E-state index contributed by atoms with van der Waals surface area (Å²) in [6.07, 6.45) is 1.72. The molecule has 0 saturated carbocycles. The molecule has 0 saturated heterocycles. The van der Waals surface area contributed by atoms with E-state index >= 15 is 0 Å². The minimum absolute atomic E-state index is 0.118. The summed E-state index contributed by atoms with van der Waals surface area (Å²) >= 11 is 4.07. The van der Waals surface area contributed by atoms with Crippen molar-refractivity contribution in [2.24, 2.45) is 10.7 Å². The maximum atomic E-state index is 13.0. The van der Waals surface area contributed by atoms with Gasteiger partial charge in [0.15, 0.2) is 6.04 Å². The number of nitrogens with zero attached hydrogens (tertiary/aromatic N) is 3. The molecule has 2 aromatic carbocycles. The van der Waals surface area contributed by atoms with Crippen LogP contribution in [-0.4, -0.2) is 76.9 Å². The number of nitrogens with one attached hydrogen (secondary N) is 1. The predicted octanol–water partition coefficient (Wildman–Crippen LogP) is 0.800. The average molecular weight is 528 g/mol. The van der Waals surface area contributed by atoms with Crippen LogP contribution in [0.4, 0.5) is 11.4 Å². The average Bonchev–Trinajstić information content (AvgIpc) is 3.05. The number of carbonyl (C=O) groups is 3. The number of aliphatic carboxylic acids is 1. The van der Waals surface area contributed by atoms with Crippen LogP contribution in [-0.2, 0) is 14.4 Å². The monoisotopic (exact) mass is 527 g/mol. The molecule has 2 aromatic rings. The van der Waals surface area contributed by atoms with Crippen LogP contribution in [0.3, 0.4) is 0 Å². The number of hydrogen-bond acceptors (Lipinski definition) is 9. The molecule has 1 unspecified atom stereocenters. The lowest BCUT2D eigenvalue weighted by Gasteiger charge is -2.29. The number of aromatic hydroxyl groups is 1. The molecule has 0 radical (unpaired) electrons. The van der Waals surface area contributed by atoms with Crippen molar-refractivity contribution < 1.29 is 29.7 Å². The normalized spacial score (nSPS) is 15.1. The highest BCUT2D eigenvalue weighted by molar-refractivity contribution is 7.80. The molecule has 1 aliphatic rings. The Morgan fingerprint density at radius 2 is 1.89 bits per heavy atom. The summed E-state index contributed by atoms with van der Waals surface area (Å²) in [5, 5.41) is 32.7. The van der Waals surface area contributed by atoms with Crippen LogP contribution in [0, 0.1) is 0 Å². The Balaban J connectivity index is 2.05. The van der Waals surface area contributed by atoms with Crippen molar-refractivity contribution in [3.63, 3.8) is 0 Å². The number of likely N-dealkylation sites (N-methyl/N-ethyl adjacent to an activating group) is 1. The molecular formula is C25H29N5O6S. The largest absolute Gasteiger partial charge is 0.505 e. The number of aliphatic imine (C=N–C) groups is 1. The maximum absolute atomic E-state index is 13.0. The number of hydrogen-bond donors (Lipinski definition) is 6. The van der Waals surface area contributed by atoms with Crippen LogP contribution in [0.1, 0.15) is 18.1 Å². The lowest BCUT2D eigenvalue weighted by molar-refractivity contribution is -0.144. The number of benzene rings is 2. The fraction of sp³-hybridized carbons (Fsp3) is 0.280. The third-order valence-corrected chi connectivity index (χ3v) is 6.19. The number of aliphatic hydroxyl groups is 1. The van der Waals surface area contributed by atoms with Crippen LogP contribution in [0.5, 0.6) is 5.75 Å². The molecule has 11 nitrogen and oxygen atoms in total. The minimum atomic E-state index is -1.51. The van der Waals surface area contributed by atoms with Crippen molar-refractivity contribution in [3.8, 4) is 5.75 Å². The van der Waals surface area contributed by atoms with E-state index in [-0.39, 0.29) is 29.3 Å². The molecule has 0 spiro atoms. The SMILES string of the molecule is C[C@@H](O)[C@H](NC(=O)CN1C(c2cccc(N(C)C(=O)C(N)CS)c2O)=CN=Cc2ccccc21)C(=O)O. The van der Waals surface area contributed by atoms with Gasteiger partial charge in [-0.25, -0.2) is 4.79 Å². The van der Waals surface area contributed by atoms with E-state index in [2.05, 4.69) is 22.9 Å². The summed E-state index contributed by atoms with van der Waals surface area (Å²) in [7, 11) is 1.48. The van der Waals surface area contributed by atoms with Crippen LogP contribution >= 0.6 is 12.6 Å². The van der Waals surface area contributed by atoms with E-state index in [0.29, 0.717) is 16.9 Å². The number of anilines is 2. The second kappa shape index (κ2) is 11.9. The summed E-state index contributed by atoms with van der Waals surface area (Å²) in [6, 6.07) is 9.50. The molecule has 0 bridgehead atoms. The zero-order valence-corrected chi connectivity index (χ0v) is 21.2. The fourth-order valence-corrected chi connectivity index (χ4v) is 3.98. The quantitative estimate of drug-likeness (QED) is 0.260. The van der Waals surface area contributed by atoms with Gasteiger partial charge in [0.1, 0.15) is 12.3 Å². The molecule has 3 atom stereocenters. The zero-order valence-electron chi connectivity index (χ0n) is 20.3. The number of rotatable bonds is 9. The molecule has 3 rings (SSSR count). The number of amides is 2. The Morgan fingerprint density at radius 3 is 2.54 bits per heavy atom. The van der Waals surface area contributed by atoms with E-state index in [4.69, 9.17) is 5.73 Å². The topological polar surface area (TPSA) is 169 Å². The van der Waals surface area contributed by atoms with Crippen LogP contribution in [0.15, 0.2) is 53.7 Å². The van der Waals surface area contributed by atoms with Crippen molar-refractivity contribution in [1.29, 1.82) is 0 Å². The van der Waals surface area contributed by atoms with Gasteiger partial charge < -0.3 is 36.2 Å². The lowest BCUT2D eigenvalue weighted by atomic mass is 10.1. The first-order valence-corrected chi connectivity index (χ1v) is 12.0. The number of phenols is 1. The number of carbonyl (C=O) groups excluding carboxylic acids is 2. The third-order valence-electron chi connectivity index (χ3n) is 5.79. The van der Waals surface area contributed by atoms with Gasteiger partial charge in [-0.2, -0.15) is 12.6 Å². The minimum Gasteiger partial charge on any atom is -0.505 e. The summed E-state index contributed by atoms with van der Waals surface area (Å²) in [6.45, 7) is 0.909. The molecule has 6 N–H and O–H groups in total. The molecule has 0 aliphatic carbocycles. The van der Waals surface area contributed by atoms with Gasteiger partial charge in [0, 0.05) is 30.1 Å². The van der Waals surface area contributed by atoms with Crippen molar-refractivity contribution in [3.05, 3.63) is 59.8 Å². The van der Waals surface area contributed by atoms with Crippen LogP contribution in [0.2, 0.25) is 0 Å². The molecule has 1 heterocycles. The molecule has 0 fully saturated rings. The fourth-order valence-electron chi connectivity index (χ4n) is 3.82. The molecular weight excluding hydrogens is 498 g/mol. The number of phenolic OH excluding ortho intramolecular Hbond substituents is 1. The summed E-state index contributed by atoms with van der Waals surface area (Å²) in [5.74, 6) is -2.64. The molecule has 2 amide bonds. The zero-order chi connectivity index (χ0) is 27.3. The molecule has 1 aliphatic heterocycles. The van der Waals surface area contributed by atoms with E-state index in [9.17, 15) is 29.7 Å². The van der Waals surface area contributed by atoms with Gasteiger partial charge in [0.2, 0.25) is 11.8 Å². The van der Waals surface area contributed by atoms with Crippen molar-refractivity contribution in [2.75, 3.05) is 29.1 Å². The number of carboxylic acids is 1. The van der Waals surface area contributed by atoms with Crippen molar-refractivity contribution >= 4 is 53.7 Å². The smallest absolute Gasteiger partial charge is 0.328 e. The first kappa shape index (κ1) is 27.7. The van der Waals surface area contributed by atoms with Crippen molar-refractivity contribution in [1.82, 2.24) is 5.32 Å². The second-order valence-electron chi connectivity index (χ2n) is 8.42. The molecule has 0 aromatic heterocycles. The highest BCUT2D eigenvalue weighted by atomic mass is 32.1. The summed E-state index contributed by atoms with van der Waals surface area (Å²) in [5.41, 5.74) is 7.84. The summed E-state index contributed by atoms with van der Waals surface area (Å²) in [4.78, 5) is 44.2. The standard InChI is InChI=1S/C25H29N5O6S/c1-14(31)22(25(35)36)28-21(32)12-30-18-8-4-3-6-15(18)10-27-11-20(30)16-7-5-9-19(23(16)33)29(2)24(34)17(26)13-37/h3-11,14,17,22,31,33,37H,12-13,26H2,1-2H3,(H,28,32)(H,35,36)/t14-,17?,22+/m1/s1. The second-order valence-corrected chi connectivity index (χ2v) is 8.79. The Hall–Kier alpha value is -3.87. The van der Waals surface area contributed by atoms with E-state index in [1.165, 1.54) is 25.1 Å². The lowest BCUT2D eigenvalue weighted by Crippen LogP contribution is -2.50. The van der Waals surface area contributed by atoms with E-state index in [1.54, 1.807) is 53.6 Å². The first-order chi connectivity index (χ1) is 17.6. The predicted molar refractivity (Wildman–Crippen MR) is 144 cm³/mol. The number of nitrogens with two attached hydrogens (primary N) is 1. The Bertz CT molecular complexity index is 1250. The van der Waals surface area contributed by atoms with E-state index in [1.807, 2.05) is 0 Å². The maximum Gasteiger partial charge on any atom is 0.328 e. The van der Waals surface area contributed by atoms with Crippen molar-refractivity contribution in [2.45, 2.75) is 25.1 Å². The highest BCUT2D eigenvalue weighted by Gasteiger charge is 2.29. The number of para-hydroxylation sites is 2. The number of aliphatic hydroxyl groups excluding tert-OH is 1. The summed E-state index contributed by atoms with van der Waals surface area (Å²) < 4.78 is 0. The van der Waals surface area contributed by atoms with Crippen LogP contribution in [0.25, 0.3) is 5.70 Å². The Kier molecular flexibility index (Phi) is 8.92. The number of thiol groups is 1. The molecule has 12 heteroatoms. The van der Waals surface area contributed by atoms with Gasteiger partial charge in [-0.05, 0) is 25.1 Å². The Morgan fingerprint density at radius 1 is 1.19 bits per heavy atom. The molecule has 37 heavy (non-hydrogen) atoms. The van der Waals surface area contributed by atoms with E-state index < -0.39 is 36.0 Å². The van der Waals surface area contributed by atoms with Gasteiger partial charge in [-0.3, -0.25) is 14.6 Å². The van der Waals surface area contributed by atoms with Gasteiger partial charge >= 0.3 is 5.97 Å². The van der Waals surface area contributed by atoms with Crippen LogP contribution < -0.4 is 20.9 Å². The van der Waals surface area contributed by atoms with Gasteiger partial charge in [0.05, 0.1) is 35.4 Å². The van der Waals surface area contributed by atoms with E-state index in [0.717, 1.165) is 0 Å².